The number of benzene rings is 2. The van der Waals surface area contributed by atoms with Crippen LogP contribution in [0.3, 0.4) is 0 Å². The van der Waals surface area contributed by atoms with Gasteiger partial charge in [0.25, 0.3) is 0 Å². The molecule has 2 aromatic rings. The van der Waals surface area contributed by atoms with Gasteiger partial charge in [-0.3, -0.25) is 0 Å². The van der Waals surface area contributed by atoms with Crippen LogP contribution in [0, 0.1) is 5.82 Å². The second-order valence-electron chi connectivity index (χ2n) is 4.77. The maximum absolute atomic E-state index is 13.3. The van der Waals surface area contributed by atoms with Crippen molar-refractivity contribution in [1.82, 2.24) is 5.32 Å². The van der Waals surface area contributed by atoms with Crippen molar-refractivity contribution in [3.05, 3.63) is 59.9 Å². The molecule has 0 heterocycles. The Kier molecular flexibility index (Phi) is 5.62. The molecule has 1 nitrogen and oxygen atoms in total. The summed E-state index contributed by atoms with van der Waals surface area (Å²) < 4.78 is 13.3. The molecule has 0 amide bonds. The molecule has 0 saturated carbocycles. The van der Waals surface area contributed by atoms with Gasteiger partial charge in [0.05, 0.1) is 0 Å². The van der Waals surface area contributed by atoms with Crippen LogP contribution in [0.5, 0.6) is 0 Å². The van der Waals surface area contributed by atoms with Gasteiger partial charge in [-0.15, -0.1) is 0 Å². The number of nitrogens with one attached hydrogen (secondary N) is 1. The van der Waals surface area contributed by atoms with Crippen molar-refractivity contribution in [3.63, 3.8) is 0 Å². The van der Waals surface area contributed by atoms with E-state index in [0.717, 1.165) is 17.9 Å². The first-order valence-electron chi connectivity index (χ1n) is 6.96. The largest absolute Gasteiger partial charge is 0.310 e. The van der Waals surface area contributed by atoms with Crippen molar-refractivity contribution in [2.45, 2.75) is 36.1 Å². The molecule has 0 saturated heterocycles. The number of rotatable bonds is 6. The highest BCUT2D eigenvalue weighted by molar-refractivity contribution is 7.99. The average Bonchev–Trinajstić information content (AvgIpc) is 2.45. The van der Waals surface area contributed by atoms with Crippen LogP contribution in [-0.2, 0) is 0 Å². The average molecular weight is 289 g/mol. The second-order valence-corrected chi connectivity index (χ2v) is 5.89. The Morgan fingerprint density at radius 1 is 1.15 bits per heavy atom. The fraction of sp³-hybridized carbons (Fsp3) is 0.294. The third kappa shape index (κ3) is 4.09. The van der Waals surface area contributed by atoms with Crippen molar-refractivity contribution in [1.29, 1.82) is 0 Å². The molecule has 1 atom stereocenters. The fourth-order valence-corrected chi connectivity index (χ4v) is 3.14. The molecule has 1 unspecified atom stereocenters. The Bertz CT molecular complexity index is 556. The lowest BCUT2D eigenvalue weighted by atomic mass is 10.1. The van der Waals surface area contributed by atoms with E-state index in [1.54, 1.807) is 23.9 Å². The van der Waals surface area contributed by atoms with Crippen LogP contribution in [0.1, 0.15) is 31.9 Å². The van der Waals surface area contributed by atoms with E-state index >= 15 is 0 Å². The molecule has 0 aromatic heterocycles. The number of hydrogen-bond acceptors (Lipinski definition) is 2. The molecule has 0 aliphatic carbocycles. The molecular formula is C17H20FNS. The molecule has 0 aliphatic heterocycles. The zero-order chi connectivity index (χ0) is 14.4. The van der Waals surface area contributed by atoms with Gasteiger partial charge in [0.2, 0.25) is 0 Å². The smallest absolute Gasteiger partial charge is 0.124 e. The highest BCUT2D eigenvalue weighted by atomic mass is 32.2. The van der Waals surface area contributed by atoms with Crippen molar-refractivity contribution in [2.24, 2.45) is 0 Å². The Labute approximate surface area is 124 Å². The lowest BCUT2D eigenvalue weighted by molar-refractivity contribution is 0.564. The molecule has 0 radical (unpaired) electrons. The molecule has 2 rings (SSSR count). The molecule has 0 bridgehead atoms. The van der Waals surface area contributed by atoms with Gasteiger partial charge in [0.1, 0.15) is 5.82 Å². The predicted molar refractivity (Wildman–Crippen MR) is 83.7 cm³/mol. The van der Waals surface area contributed by atoms with Crippen LogP contribution in [-0.4, -0.2) is 6.54 Å². The van der Waals surface area contributed by atoms with Gasteiger partial charge in [0, 0.05) is 15.8 Å². The zero-order valence-electron chi connectivity index (χ0n) is 11.9. The second kappa shape index (κ2) is 7.46. The van der Waals surface area contributed by atoms with Crippen molar-refractivity contribution in [2.75, 3.05) is 6.54 Å². The third-order valence-electron chi connectivity index (χ3n) is 3.11. The van der Waals surface area contributed by atoms with Crippen LogP contribution in [0.4, 0.5) is 4.39 Å². The quantitative estimate of drug-likeness (QED) is 0.799. The van der Waals surface area contributed by atoms with Crippen molar-refractivity contribution < 1.29 is 4.39 Å². The van der Waals surface area contributed by atoms with E-state index in [1.165, 1.54) is 16.5 Å². The molecule has 106 valence electrons. The van der Waals surface area contributed by atoms with E-state index in [1.807, 2.05) is 12.1 Å². The van der Waals surface area contributed by atoms with Crippen molar-refractivity contribution >= 4 is 11.8 Å². The lowest BCUT2D eigenvalue weighted by Crippen LogP contribution is -2.19. The number of hydrogen-bond donors (Lipinski definition) is 1. The van der Waals surface area contributed by atoms with E-state index in [4.69, 9.17) is 0 Å². The first-order chi connectivity index (χ1) is 9.70. The van der Waals surface area contributed by atoms with Crippen LogP contribution in [0.15, 0.2) is 58.3 Å². The van der Waals surface area contributed by atoms with E-state index < -0.39 is 0 Å². The summed E-state index contributed by atoms with van der Waals surface area (Å²) in [4.78, 5) is 2.11. The van der Waals surface area contributed by atoms with Crippen LogP contribution in [0.2, 0.25) is 0 Å². The summed E-state index contributed by atoms with van der Waals surface area (Å²) in [6.45, 7) is 5.33. The van der Waals surface area contributed by atoms with Gasteiger partial charge in [-0.05, 0) is 49.7 Å². The topological polar surface area (TPSA) is 12.0 Å². The molecule has 0 aliphatic rings. The van der Waals surface area contributed by atoms with Crippen LogP contribution >= 0.6 is 11.8 Å². The molecule has 1 N–H and O–H groups in total. The normalized spacial score (nSPS) is 12.3. The molecular weight excluding hydrogens is 269 g/mol. The maximum atomic E-state index is 13.3. The summed E-state index contributed by atoms with van der Waals surface area (Å²) in [7, 11) is 0. The highest BCUT2D eigenvalue weighted by Crippen LogP contribution is 2.33. The summed E-state index contributed by atoms with van der Waals surface area (Å²) >= 11 is 1.61. The van der Waals surface area contributed by atoms with E-state index in [-0.39, 0.29) is 5.82 Å². The molecule has 20 heavy (non-hydrogen) atoms. The van der Waals surface area contributed by atoms with E-state index in [9.17, 15) is 4.39 Å². The summed E-state index contributed by atoms with van der Waals surface area (Å²) in [6.07, 6.45) is 1.11. The summed E-state index contributed by atoms with van der Waals surface area (Å²) in [5.74, 6) is -0.190. The Morgan fingerprint density at radius 3 is 2.70 bits per heavy atom. The molecule has 2 aromatic carbocycles. The summed E-state index contributed by atoms with van der Waals surface area (Å²) in [6, 6.07) is 15.3. The standard InChI is InChI=1S/C17H20FNS/c1-3-11-19-13(2)16-9-4-5-10-17(16)20-15-8-6-7-14(18)12-15/h4-10,12-13,19H,3,11H2,1-2H3. The first-order valence-corrected chi connectivity index (χ1v) is 7.78. The fourth-order valence-electron chi connectivity index (χ4n) is 2.06. The number of halogens is 1. The zero-order valence-corrected chi connectivity index (χ0v) is 12.7. The Hall–Kier alpha value is -1.32. The molecule has 3 heteroatoms. The SMILES string of the molecule is CCCNC(C)c1ccccc1Sc1cccc(F)c1. The van der Waals surface area contributed by atoms with Gasteiger partial charge in [-0.2, -0.15) is 0 Å². The Balaban J connectivity index is 2.19. The maximum Gasteiger partial charge on any atom is 0.124 e. The van der Waals surface area contributed by atoms with Gasteiger partial charge in [-0.25, -0.2) is 4.39 Å². The van der Waals surface area contributed by atoms with Crippen LogP contribution in [0.25, 0.3) is 0 Å². The van der Waals surface area contributed by atoms with Gasteiger partial charge in [0.15, 0.2) is 0 Å². The molecule has 0 fully saturated rings. The van der Waals surface area contributed by atoms with Gasteiger partial charge >= 0.3 is 0 Å². The summed E-state index contributed by atoms with van der Waals surface area (Å²) in [5, 5.41) is 3.50. The minimum atomic E-state index is -0.190. The monoisotopic (exact) mass is 289 g/mol. The van der Waals surface area contributed by atoms with Crippen LogP contribution < -0.4 is 5.32 Å². The molecule has 0 spiro atoms. The highest BCUT2D eigenvalue weighted by Gasteiger charge is 2.10. The summed E-state index contributed by atoms with van der Waals surface area (Å²) in [5.41, 5.74) is 1.26. The van der Waals surface area contributed by atoms with E-state index in [0.29, 0.717) is 6.04 Å². The first kappa shape index (κ1) is 15.1. The predicted octanol–water partition coefficient (Wildman–Crippen LogP) is 5.04. The third-order valence-corrected chi connectivity index (χ3v) is 4.19. The lowest BCUT2D eigenvalue weighted by Gasteiger charge is -2.17. The van der Waals surface area contributed by atoms with Gasteiger partial charge in [-0.1, -0.05) is 43.0 Å². The van der Waals surface area contributed by atoms with E-state index in [2.05, 4.69) is 37.4 Å². The minimum absolute atomic E-state index is 0.190. The minimum Gasteiger partial charge on any atom is -0.310 e. The van der Waals surface area contributed by atoms with Crippen molar-refractivity contribution in [3.8, 4) is 0 Å². The van der Waals surface area contributed by atoms with Gasteiger partial charge < -0.3 is 5.32 Å². The Morgan fingerprint density at radius 2 is 1.95 bits per heavy atom.